The normalized spacial score (nSPS) is 10.4. The Bertz CT molecular complexity index is 1070. The highest BCUT2D eigenvalue weighted by Crippen LogP contribution is 2.24. The molecule has 6 nitrogen and oxygen atoms in total. The Morgan fingerprint density at radius 3 is 1.97 bits per heavy atom. The number of carbonyl (C=O) groups is 2. The molecular weight excluding hydrogens is 432 g/mol. The van der Waals surface area contributed by atoms with Gasteiger partial charge in [-0.05, 0) is 72.4 Å². The smallest absolute Gasteiger partial charge is 0.343 e. The van der Waals surface area contributed by atoms with Gasteiger partial charge in [0.2, 0.25) is 0 Å². The maximum Gasteiger partial charge on any atom is 0.343 e. The van der Waals surface area contributed by atoms with Gasteiger partial charge in [-0.2, -0.15) is 0 Å². The summed E-state index contributed by atoms with van der Waals surface area (Å²) >= 11 is 0. The van der Waals surface area contributed by atoms with Gasteiger partial charge >= 0.3 is 11.9 Å². The fraction of sp³-hybridized carbons (Fsp3) is 0.214. The SMILES string of the molecule is C=CC(=O)OCCCCCOc1ccc(C(=O)Oc2ccc(-c3ccc(CO)cc3)cc2)cc1. The van der Waals surface area contributed by atoms with Crippen LogP contribution in [0.3, 0.4) is 0 Å². The molecule has 0 heterocycles. The molecule has 3 aromatic rings. The van der Waals surface area contributed by atoms with E-state index in [2.05, 4.69) is 6.58 Å². The van der Waals surface area contributed by atoms with E-state index in [0.717, 1.165) is 42.0 Å². The lowest BCUT2D eigenvalue weighted by molar-refractivity contribution is -0.137. The Morgan fingerprint density at radius 1 is 0.765 bits per heavy atom. The van der Waals surface area contributed by atoms with E-state index in [1.54, 1.807) is 36.4 Å². The molecule has 176 valence electrons. The third kappa shape index (κ3) is 7.60. The average Bonchev–Trinajstić information content (AvgIpc) is 2.88. The van der Waals surface area contributed by atoms with Gasteiger partial charge in [0.25, 0.3) is 0 Å². The number of carbonyl (C=O) groups excluding carboxylic acids is 2. The molecule has 0 bridgehead atoms. The van der Waals surface area contributed by atoms with E-state index in [-0.39, 0.29) is 6.61 Å². The molecule has 0 atom stereocenters. The second kappa shape index (κ2) is 13.0. The summed E-state index contributed by atoms with van der Waals surface area (Å²) in [5.74, 6) is 0.281. The van der Waals surface area contributed by atoms with Gasteiger partial charge in [-0.15, -0.1) is 0 Å². The molecule has 0 saturated carbocycles. The lowest BCUT2D eigenvalue weighted by atomic mass is 10.0. The van der Waals surface area contributed by atoms with Gasteiger partial charge in [0.1, 0.15) is 11.5 Å². The summed E-state index contributed by atoms with van der Waals surface area (Å²) in [6.07, 6.45) is 3.63. The summed E-state index contributed by atoms with van der Waals surface area (Å²) in [4.78, 5) is 23.4. The van der Waals surface area contributed by atoms with Crippen molar-refractivity contribution in [1.82, 2.24) is 0 Å². The van der Waals surface area contributed by atoms with Gasteiger partial charge in [0.05, 0.1) is 25.4 Å². The first kappa shape index (κ1) is 24.7. The molecule has 34 heavy (non-hydrogen) atoms. The average molecular weight is 461 g/mol. The third-order valence-corrected chi connectivity index (χ3v) is 5.09. The number of esters is 2. The molecule has 0 fully saturated rings. The van der Waals surface area contributed by atoms with Crippen molar-refractivity contribution in [2.24, 2.45) is 0 Å². The lowest BCUT2D eigenvalue weighted by Crippen LogP contribution is -2.08. The summed E-state index contributed by atoms with van der Waals surface area (Å²) in [6.45, 7) is 4.27. The zero-order valence-electron chi connectivity index (χ0n) is 18.9. The highest BCUT2D eigenvalue weighted by atomic mass is 16.5. The monoisotopic (exact) mass is 460 g/mol. The number of hydrogen-bond acceptors (Lipinski definition) is 6. The van der Waals surface area contributed by atoms with Gasteiger partial charge in [-0.3, -0.25) is 0 Å². The van der Waals surface area contributed by atoms with Crippen molar-refractivity contribution in [2.75, 3.05) is 13.2 Å². The fourth-order valence-electron chi connectivity index (χ4n) is 3.17. The predicted octanol–water partition coefficient (Wildman–Crippen LogP) is 5.34. The number of ether oxygens (including phenoxy) is 3. The number of unbranched alkanes of at least 4 members (excludes halogenated alkanes) is 2. The molecule has 0 aliphatic rings. The van der Waals surface area contributed by atoms with Crippen molar-refractivity contribution in [2.45, 2.75) is 25.9 Å². The number of rotatable bonds is 12. The van der Waals surface area contributed by atoms with Crippen LogP contribution in [0.4, 0.5) is 0 Å². The number of benzene rings is 3. The van der Waals surface area contributed by atoms with Crippen LogP contribution in [0, 0.1) is 0 Å². The molecule has 3 aromatic carbocycles. The van der Waals surface area contributed by atoms with E-state index < -0.39 is 11.9 Å². The lowest BCUT2D eigenvalue weighted by Gasteiger charge is -2.08. The minimum Gasteiger partial charge on any atom is -0.494 e. The minimum atomic E-state index is -0.444. The van der Waals surface area contributed by atoms with E-state index in [1.807, 2.05) is 36.4 Å². The first-order valence-electron chi connectivity index (χ1n) is 11.1. The Kier molecular flexibility index (Phi) is 9.43. The second-order valence-electron chi connectivity index (χ2n) is 7.57. The maximum atomic E-state index is 12.5. The molecule has 0 aromatic heterocycles. The highest BCUT2D eigenvalue weighted by Gasteiger charge is 2.09. The van der Waals surface area contributed by atoms with Crippen molar-refractivity contribution in [3.8, 4) is 22.6 Å². The van der Waals surface area contributed by atoms with Gasteiger partial charge in [-0.25, -0.2) is 9.59 Å². The number of aliphatic hydroxyl groups excluding tert-OH is 1. The molecule has 0 unspecified atom stereocenters. The van der Waals surface area contributed by atoms with Crippen LogP contribution < -0.4 is 9.47 Å². The van der Waals surface area contributed by atoms with Crippen LogP contribution in [0.2, 0.25) is 0 Å². The molecule has 0 spiro atoms. The summed E-state index contributed by atoms with van der Waals surface area (Å²) in [5, 5.41) is 9.15. The van der Waals surface area contributed by atoms with E-state index in [0.29, 0.717) is 30.3 Å². The molecule has 0 aliphatic heterocycles. The molecule has 6 heteroatoms. The standard InChI is InChI=1S/C28H28O6/c1-2-27(30)33-19-5-3-4-18-32-25-14-12-24(13-15-25)28(31)34-26-16-10-23(11-17-26)22-8-6-21(20-29)7-9-22/h2,6-17,29H,1,3-5,18-20H2. The van der Waals surface area contributed by atoms with Crippen LogP contribution in [0.15, 0.2) is 85.5 Å². The van der Waals surface area contributed by atoms with Crippen LogP contribution >= 0.6 is 0 Å². The van der Waals surface area contributed by atoms with Crippen LogP contribution in [-0.2, 0) is 16.1 Å². The minimum absolute atomic E-state index is 0.0128. The molecule has 0 aliphatic carbocycles. The van der Waals surface area contributed by atoms with Crippen LogP contribution in [0.1, 0.15) is 35.2 Å². The molecule has 0 amide bonds. The van der Waals surface area contributed by atoms with Gasteiger partial charge in [-0.1, -0.05) is 43.0 Å². The third-order valence-electron chi connectivity index (χ3n) is 5.09. The van der Waals surface area contributed by atoms with Crippen LogP contribution in [0.25, 0.3) is 11.1 Å². The van der Waals surface area contributed by atoms with Gasteiger partial charge in [0, 0.05) is 6.08 Å². The fourth-order valence-corrected chi connectivity index (χ4v) is 3.17. The largest absolute Gasteiger partial charge is 0.494 e. The van der Waals surface area contributed by atoms with E-state index >= 15 is 0 Å². The van der Waals surface area contributed by atoms with E-state index in [4.69, 9.17) is 19.3 Å². The Balaban J connectivity index is 1.42. The first-order valence-corrected chi connectivity index (χ1v) is 11.1. The van der Waals surface area contributed by atoms with Crippen molar-refractivity contribution < 1.29 is 28.9 Å². The quantitative estimate of drug-likeness (QED) is 0.170. The molecular formula is C28H28O6. The topological polar surface area (TPSA) is 82.1 Å². The highest BCUT2D eigenvalue weighted by molar-refractivity contribution is 5.91. The Morgan fingerprint density at radius 2 is 1.35 bits per heavy atom. The van der Waals surface area contributed by atoms with Crippen molar-refractivity contribution in [1.29, 1.82) is 0 Å². The second-order valence-corrected chi connectivity index (χ2v) is 7.57. The van der Waals surface area contributed by atoms with Gasteiger partial charge < -0.3 is 19.3 Å². The Hall–Kier alpha value is -3.90. The molecule has 0 saturated heterocycles. The zero-order valence-corrected chi connectivity index (χ0v) is 18.9. The van der Waals surface area contributed by atoms with Crippen LogP contribution in [-0.4, -0.2) is 30.3 Å². The van der Waals surface area contributed by atoms with Crippen molar-refractivity contribution in [3.63, 3.8) is 0 Å². The molecule has 3 rings (SSSR count). The summed E-state index contributed by atoms with van der Waals surface area (Å²) < 4.78 is 16.1. The van der Waals surface area contributed by atoms with E-state index in [9.17, 15) is 9.59 Å². The van der Waals surface area contributed by atoms with Crippen molar-refractivity contribution >= 4 is 11.9 Å². The first-order chi connectivity index (χ1) is 16.6. The van der Waals surface area contributed by atoms with E-state index in [1.165, 1.54) is 0 Å². The predicted molar refractivity (Wildman–Crippen MR) is 130 cm³/mol. The number of hydrogen-bond donors (Lipinski definition) is 1. The Labute approximate surface area is 199 Å². The summed E-state index contributed by atoms with van der Waals surface area (Å²) in [6, 6.07) is 21.7. The summed E-state index contributed by atoms with van der Waals surface area (Å²) in [7, 11) is 0. The summed E-state index contributed by atoms with van der Waals surface area (Å²) in [5.41, 5.74) is 3.29. The van der Waals surface area contributed by atoms with Crippen LogP contribution in [0.5, 0.6) is 11.5 Å². The zero-order chi connectivity index (χ0) is 24.2. The van der Waals surface area contributed by atoms with Gasteiger partial charge in [0.15, 0.2) is 0 Å². The maximum absolute atomic E-state index is 12.5. The van der Waals surface area contributed by atoms with Crippen molar-refractivity contribution in [3.05, 3.63) is 96.6 Å². The molecule has 1 N–H and O–H groups in total. The molecule has 0 radical (unpaired) electrons. The number of aliphatic hydroxyl groups is 1.